The van der Waals surface area contributed by atoms with Crippen LogP contribution in [0.25, 0.3) is 22.2 Å². The maximum absolute atomic E-state index is 15.5. The quantitative estimate of drug-likeness (QED) is 0.109. The van der Waals surface area contributed by atoms with Gasteiger partial charge in [-0.25, -0.2) is 18.6 Å². The summed E-state index contributed by atoms with van der Waals surface area (Å²) >= 11 is 0. The van der Waals surface area contributed by atoms with Gasteiger partial charge in [0.05, 0.1) is 30.3 Å². The highest BCUT2D eigenvalue weighted by atomic mass is 28.3. The minimum absolute atomic E-state index is 0.0654. The van der Waals surface area contributed by atoms with Gasteiger partial charge in [-0.05, 0) is 50.6 Å². The number of hydrogen-bond acceptors (Lipinski definition) is 7. The minimum Gasteiger partial charge on any atom is -0.490 e. The van der Waals surface area contributed by atoms with Gasteiger partial charge in [0.2, 0.25) is 0 Å². The van der Waals surface area contributed by atoms with E-state index in [2.05, 4.69) is 41.3 Å². The first-order valence-corrected chi connectivity index (χ1v) is 19.6. The number of nitriles is 1. The first kappa shape index (κ1) is 34.8. The lowest BCUT2D eigenvalue weighted by Gasteiger charge is -2.31. The molecule has 0 radical (unpaired) electrons. The van der Waals surface area contributed by atoms with Crippen LogP contribution in [0.1, 0.15) is 26.3 Å². The number of carbonyl (C=O) groups excluding carboxylic acids is 1. The molecule has 0 saturated carbocycles. The van der Waals surface area contributed by atoms with Crippen molar-refractivity contribution in [2.24, 2.45) is 5.92 Å². The normalized spacial score (nSPS) is 14.0. The van der Waals surface area contributed by atoms with Gasteiger partial charge in [0.15, 0.2) is 17.4 Å². The van der Waals surface area contributed by atoms with E-state index in [1.165, 1.54) is 12.3 Å². The number of benzene rings is 2. The number of anilines is 1. The average Bonchev–Trinajstić information content (AvgIpc) is 3.34. The van der Waals surface area contributed by atoms with Gasteiger partial charge < -0.3 is 34.1 Å². The molecular weight excluding hydrogens is 636 g/mol. The Balaban J connectivity index is 1.49. The van der Waals surface area contributed by atoms with E-state index < -0.39 is 31.5 Å². The molecule has 1 fully saturated rings. The Labute approximate surface area is 280 Å². The summed E-state index contributed by atoms with van der Waals surface area (Å²) in [5.74, 6) is -1.90. The summed E-state index contributed by atoms with van der Waals surface area (Å²) in [4.78, 5) is 17.0. The van der Waals surface area contributed by atoms with Crippen LogP contribution in [0.2, 0.25) is 25.7 Å². The summed E-state index contributed by atoms with van der Waals surface area (Å²) in [6.45, 7) is 14.3. The molecular formula is C35H41F2N5O5Si. The molecule has 1 saturated heterocycles. The molecule has 1 aliphatic heterocycles. The maximum atomic E-state index is 15.5. The summed E-state index contributed by atoms with van der Waals surface area (Å²) < 4.78 is 55.8. The van der Waals surface area contributed by atoms with Crippen LogP contribution in [0, 0.1) is 28.9 Å². The predicted molar refractivity (Wildman–Crippen MR) is 182 cm³/mol. The van der Waals surface area contributed by atoms with Crippen molar-refractivity contribution in [2.45, 2.75) is 65.3 Å². The number of pyridine rings is 1. The number of aromatic nitrogens is 2. The Bertz CT molecular complexity index is 1810. The lowest BCUT2D eigenvalue weighted by Crippen LogP contribution is -2.47. The van der Waals surface area contributed by atoms with Crippen molar-refractivity contribution in [2.75, 3.05) is 25.1 Å². The molecule has 10 nitrogen and oxygen atoms in total. The summed E-state index contributed by atoms with van der Waals surface area (Å²) in [6.07, 6.45) is 3.16. The van der Waals surface area contributed by atoms with Crippen molar-refractivity contribution >= 4 is 30.8 Å². The molecule has 5 rings (SSSR count). The molecule has 48 heavy (non-hydrogen) atoms. The van der Waals surface area contributed by atoms with Gasteiger partial charge in [-0.3, -0.25) is 0 Å². The number of halogens is 2. The first-order chi connectivity index (χ1) is 22.8. The summed E-state index contributed by atoms with van der Waals surface area (Å²) in [6, 6.07) is 11.1. The fourth-order valence-electron chi connectivity index (χ4n) is 5.14. The Morgan fingerprint density at radius 2 is 1.85 bits per heavy atom. The summed E-state index contributed by atoms with van der Waals surface area (Å²) in [7, 11) is -1.33. The number of nitrogens with zero attached hydrogens (tertiary/aromatic N) is 3. The van der Waals surface area contributed by atoms with E-state index in [4.69, 9.17) is 18.9 Å². The molecule has 0 spiro atoms. The van der Waals surface area contributed by atoms with Crippen molar-refractivity contribution < 1.29 is 32.5 Å². The molecule has 2 aromatic carbocycles. The van der Waals surface area contributed by atoms with E-state index in [-0.39, 0.29) is 36.2 Å². The van der Waals surface area contributed by atoms with Crippen LogP contribution in [-0.2, 0) is 16.2 Å². The minimum atomic E-state index is -1.33. The second-order valence-electron chi connectivity index (χ2n) is 13.4. The van der Waals surface area contributed by atoms with Crippen LogP contribution in [-0.4, -0.2) is 55.6 Å². The third-order valence-corrected chi connectivity index (χ3v) is 9.62. The van der Waals surface area contributed by atoms with Gasteiger partial charge in [0.1, 0.15) is 29.9 Å². The monoisotopic (exact) mass is 677 g/mol. The Morgan fingerprint density at radius 1 is 1.12 bits per heavy atom. The van der Waals surface area contributed by atoms with Gasteiger partial charge in [-0.1, -0.05) is 25.7 Å². The van der Waals surface area contributed by atoms with Crippen molar-refractivity contribution in [3.63, 3.8) is 0 Å². The molecule has 0 aliphatic carbocycles. The molecule has 2 N–H and O–H groups in total. The predicted octanol–water partition coefficient (Wildman–Crippen LogP) is 7.90. The maximum Gasteiger partial charge on any atom is 0.319 e. The summed E-state index contributed by atoms with van der Waals surface area (Å²) in [5, 5.41) is 15.4. The second kappa shape index (κ2) is 14.7. The largest absolute Gasteiger partial charge is 0.490 e. The highest BCUT2D eigenvalue weighted by molar-refractivity contribution is 6.76. The van der Waals surface area contributed by atoms with E-state index >= 15 is 8.78 Å². The van der Waals surface area contributed by atoms with Crippen LogP contribution < -0.4 is 20.1 Å². The van der Waals surface area contributed by atoms with Crippen LogP contribution >= 0.6 is 0 Å². The van der Waals surface area contributed by atoms with E-state index in [0.717, 1.165) is 18.2 Å². The number of carbonyl (C=O) groups is 1. The highest BCUT2D eigenvalue weighted by Gasteiger charge is 2.27. The van der Waals surface area contributed by atoms with Crippen LogP contribution in [0.15, 0.2) is 48.8 Å². The molecule has 2 amide bonds. The Kier molecular flexibility index (Phi) is 10.7. The SMILES string of the molecule is CC(C)Oc1cc(-c2cn(COCC[Si](C)(C)C)c3nccc(Oc4c(F)cc(NC(=O)N[C@H](C)C5COC5)cc4F)c23)ccc1C#N. The number of ether oxygens (including phenoxy) is 4. The molecule has 13 heteroatoms. The third kappa shape index (κ3) is 8.31. The van der Waals surface area contributed by atoms with Crippen LogP contribution in [0.4, 0.5) is 19.3 Å². The Hall–Kier alpha value is -4.51. The van der Waals surface area contributed by atoms with Crippen molar-refractivity contribution in [3.8, 4) is 34.4 Å². The molecule has 0 unspecified atom stereocenters. The zero-order chi connectivity index (χ0) is 34.6. The standard InChI is InChI=1S/C35H41F2N5O5Si/c1-21(2)46-31-13-23(7-8-24(31)16-38)27-17-42(20-44-11-12-48(4,5)6)34-32(27)30(9-10-39-34)47-33-28(36)14-26(15-29(33)37)41-35(43)40-22(3)25-18-45-19-25/h7-10,13-15,17,21-22,25H,11-12,18-20H2,1-6H3,(H2,40,41,43)/t22-/m1/s1. The topological polar surface area (TPSA) is 120 Å². The van der Waals surface area contributed by atoms with Crippen LogP contribution in [0.3, 0.4) is 0 Å². The number of amides is 2. The van der Waals surface area contributed by atoms with Gasteiger partial charge in [0, 0.05) is 62.4 Å². The van der Waals surface area contributed by atoms with Gasteiger partial charge in [-0.2, -0.15) is 5.26 Å². The highest BCUT2D eigenvalue weighted by Crippen LogP contribution is 2.41. The zero-order valence-electron chi connectivity index (χ0n) is 28.0. The molecule has 1 aliphatic rings. The lowest BCUT2D eigenvalue weighted by atomic mass is 10.0. The van der Waals surface area contributed by atoms with Gasteiger partial charge >= 0.3 is 6.03 Å². The summed E-state index contributed by atoms with van der Waals surface area (Å²) in [5.41, 5.74) is 2.11. The van der Waals surface area contributed by atoms with Crippen molar-refractivity contribution in [3.05, 3.63) is 66.0 Å². The lowest BCUT2D eigenvalue weighted by molar-refractivity contribution is -0.0444. The fourth-order valence-corrected chi connectivity index (χ4v) is 5.89. The average molecular weight is 678 g/mol. The fraction of sp³-hybridized carbons (Fsp3) is 0.400. The molecule has 4 aromatic rings. The van der Waals surface area contributed by atoms with E-state index in [0.29, 0.717) is 53.3 Å². The van der Waals surface area contributed by atoms with E-state index in [1.807, 2.05) is 31.5 Å². The first-order valence-electron chi connectivity index (χ1n) is 15.9. The molecule has 254 valence electrons. The van der Waals surface area contributed by atoms with E-state index in [1.54, 1.807) is 18.2 Å². The molecule has 1 atom stereocenters. The van der Waals surface area contributed by atoms with Gasteiger partial charge in [-0.15, -0.1) is 0 Å². The molecule has 0 bridgehead atoms. The van der Waals surface area contributed by atoms with Crippen molar-refractivity contribution in [1.82, 2.24) is 14.9 Å². The number of nitrogens with one attached hydrogen (secondary N) is 2. The van der Waals surface area contributed by atoms with E-state index in [9.17, 15) is 10.1 Å². The number of rotatable bonds is 13. The second-order valence-corrected chi connectivity index (χ2v) is 19.0. The molecule has 3 heterocycles. The number of urea groups is 1. The zero-order valence-corrected chi connectivity index (χ0v) is 29.0. The van der Waals surface area contributed by atoms with Crippen molar-refractivity contribution in [1.29, 1.82) is 5.26 Å². The Morgan fingerprint density at radius 3 is 2.48 bits per heavy atom. The smallest absolute Gasteiger partial charge is 0.319 e. The number of fused-ring (bicyclic) bond motifs is 1. The third-order valence-electron chi connectivity index (χ3n) is 7.92. The van der Waals surface area contributed by atoms with Crippen LogP contribution in [0.5, 0.6) is 17.2 Å². The van der Waals surface area contributed by atoms with Gasteiger partial charge in [0.25, 0.3) is 0 Å². The molecule has 2 aromatic heterocycles. The number of hydrogen-bond donors (Lipinski definition) is 2.